The van der Waals surface area contributed by atoms with Gasteiger partial charge in [0, 0.05) is 0 Å². The SMILES string of the molecule is CCC(C)(OC(C)(C)N)C(C)(C)C(C)C. The fourth-order valence-corrected chi connectivity index (χ4v) is 1.85. The molecule has 2 nitrogen and oxygen atoms in total. The first-order chi connectivity index (χ1) is 6.46. The van der Waals surface area contributed by atoms with Gasteiger partial charge in [-0.15, -0.1) is 0 Å². The molecule has 0 spiro atoms. The van der Waals surface area contributed by atoms with E-state index in [1.807, 2.05) is 13.8 Å². The molecule has 0 saturated heterocycles. The van der Waals surface area contributed by atoms with Crippen LogP contribution in [0.5, 0.6) is 0 Å². The van der Waals surface area contributed by atoms with Gasteiger partial charge in [-0.25, -0.2) is 0 Å². The van der Waals surface area contributed by atoms with Crippen LogP contribution < -0.4 is 5.73 Å². The molecule has 0 aliphatic carbocycles. The molecule has 92 valence electrons. The summed E-state index contributed by atoms with van der Waals surface area (Å²) in [5, 5.41) is 0. The summed E-state index contributed by atoms with van der Waals surface area (Å²) < 4.78 is 6.08. The van der Waals surface area contributed by atoms with Gasteiger partial charge in [0.15, 0.2) is 0 Å². The lowest BCUT2D eigenvalue weighted by Crippen LogP contribution is -2.54. The molecule has 0 aromatic carbocycles. The summed E-state index contributed by atoms with van der Waals surface area (Å²) in [6.45, 7) is 17.1. The highest BCUT2D eigenvalue weighted by atomic mass is 16.5. The summed E-state index contributed by atoms with van der Waals surface area (Å²) in [6, 6.07) is 0. The van der Waals surface area contributed by atoms with E-state index in [-0.39, 0.29) is 11.0 Å². The molecule has 0 fully saturated rings. The van der Waals surface area contributed by atoms with Crippen LogP contribution >= 0.6 is 0 Å². The molecule has 0 rings (SSSR count). The van der Waals surface area contributed by atoms with Crippen molar-refractivity contribution in [3.63, 3.8) is 0 Å². The maximum absolute atomic E-state index is 6.08. The quantitative estimate of drug-likeness (QED) is 0.712. The van der Waals surface area contributed by atoms with Crippen molar-refractivity contribution >= 4 is 0 Å². The summed E-state index contributed by atoms with van der Waals surface area (Å²) in [4.78, 5) is 0. The van der Waals surface area contributed by atoms with Crippen LogP contribution in [0.4, 0.5) is 0 Å². The highest BCUT2D eigenvalue weighted by molar-refractivity contribution is 4.93. The van der Waals surface area contributed by atoms with Gasteiger partial charge in [0.2, 0.25) is 0 Å². The summed E-state index contributed by atoms with van der Waals surface area (Å²) in [7, 11) is 0. The van der Waals surface area contributed by atoms with Crippen LogP contribution in [0, 0.1) is 11.3 Å². The number of ether oxygens (including phenoxy) is 1. The van der Waals surface area contributed by atoms with Gasteiger partial charge in [-0.05, 0) is 38.5 Å². The van der Waals surface area contributed by atoms with Gasteiger partial charge in [0.1, 0.15) is 5.72 Å². The molecule has 0 aliphatic rings. The lowest BCUT2D eigenvalue weighted by molar-refractivity contribution is -0.195. The van der Waals surface area contributed by atoms with Gasteiger partial charge < -0.3 is 10.5 Å². The minimum Gasteiger partial charge on any atom is -0.355 e. The van der Waals surface area contributed by atoms with Crippen LogP contribution in [0.1, 0.15) is 61.8 Å². The Bertz CT molecular complexity index is 203. The van der Waals surface area contributed by atoms with Crippen molar-refractivity contribution < 1.29 is 4.74 Å². The number of rotatable bonds is 5. The van der Waals surface area contributed by atoms with Crippen molar-refractivity contribution in [3.05, 3.63) is 0 Å². The third-order valence-corrected chi connectivity index (χ3v) is 3.97. The van der Waals surface area contributed by atoms with Gasteiger partial charge in [-0.2, -0.15) is 0 Å². The summed E-state index contributed by atoms with van der Waals surface area (Å²) in [6.07, 6.45) is 0.971. The smallest absolute Gasteiger partial charge is 0.111 e. The molecule has 2 heteroatoms. The van der Waals surface area contributed by atoms with Crippen molar-refractivity contribution in [3.8, 4) is 0 Å². The maximum atomic E-state index is 6.08. The fraction of sp³-hybridized carbons (Fsp3) is 1.00. The van der Waals surface area contributed by atoms with Crippen LogP contribution in [0.2, 0.25) is 0 Å². The van der Waals surface area contributed by atoms with E-state index in [1.165, 1.54) is 0 Å². The Morgan fingerprint density at radius 3 is 1.67 bits per heavy atom. The van der Waals surface area contributed by atoms with Crippen molar-refractivity contribution in [1.82, 2.24) is 0 Å². The van der Waals surface area contributed by atoms with E-state index >= 15 is 0 Å². The number of hydrogen-bond donors (Lipinski definition) is 1. The van der Waals surface area contributed by atoms with E-state index < -0.39 is 5.72 Å². The van der Waals surface area contributed by atoms with E-state index in [0.29, 0.717) is 5.92 Å². The number of hydrogen-bond acceptors (Lipinski definition) is 2. The largest absolute Gasteiger partial charge is 0.355 e. The Kier molecular flexibility index (Phi) is 4.40. The van der Waals surface area contributed by atoms with Crippen molar-refractivity contribution in [2.45, 2.75) is 73.1 Å². The van der Waals surface area contributed by atoms with Crippen molar-refractivity contribution in [1.29, 1.82) is 0 Å². The molecule has 0 saturated carbocycles. The average molecular weight is 215 g/mol. The van der Waals surface area contributed by atoms with E-state index in [0.717, 1.165) is 6.42 Å². The fourth-order valence-electron chi connectivity index (χ4n) is 1.85. The Morgan fingerprint density at radius 1 is 1.07 bits per heavy atom. The minimum atomic E-state index is -0.572. The standard InChI is InChI=1S/C13H29NO/c1-9-13(8,15-12(6,7)14)11(4,5)10(2)3/h10H,9,14H2,1-8H3. The van der Waals surface area contributed by atoms with Gasteiger partial charge in [-0.3, -0.25) is 0 Å². The molecule has 0 amide bonds. The predicted molar refractivity (Wildman–Crippen MR) is 66.7 cm³/mol. The van der Waals surface area contributed by atoms with Crippen LogP contribution in [0.3, 0.4) is 0 Å². The summed E-state index contributed by atoms with van der Waals surface area (Å²) in [5.74, 6) is 0.560. The lowest BCUT2D eigenvalue weighted by atomic mass is 9.67. The highest BCUT2D eigenvalue weighted by Gasteiger charge is 2.45. The normalized spacial score (nSPS) is 18.0. The van der Waals surface area contributed by atoms with E-state index in [1.54, 1.807) is 0 Å². The minimum absolute atomic E-state index is 0.110. The Hall–Kier alpha value is -0.0800. The van der Waals surface area contributed by atoms with E-state index in [9.17, 15) is 0 Å². The molecule has 0 aromatic heterocycles. The topological polar surface area (TPSA) is 35.2 Å². The van der Waals surface area contributed by atoms with Crippen LogP contribution in [-0.4, -0.2) is 11.3 Å². The van der Waals surface area contributed by atoms with Crippen LogP contribution in [0.15, 0.2) is 0 Å². The molecule has 1 atom stereocenters. The molecular formula is C13H29NO. The average Bonchev–Trinajstić information content (AvgIpc) is 2.00. The van der Waals surface area contributed by atoms with Crippen molar-refractivity contribution in [2.75, 3.05) is 0 Å². The van der Waals surface area contributed by atoms with Gasteiger partial charge in [0.05, 0.1) is 5.60 Å². The third-order valence-electron chi connectivity index (χ3n) is 3.97. The monoisotopic (exact) mass is 215 g/mol. The van der Waals surface area contributed by atoms with E-state index in [2.05, 4.69) is 41.5 Å². The molecule has 15 heavy (non-hydrogen) atoms. The Balaban J connectivity index is 5.01. The first-order valence-electron chi connectivity index (χ1n) is 5.95. The molecule has 0 heterocycles. The van der Waals surface area contributed by atoms with Gasteiger partial charge in [0.25, 0.3) is 0 Å². The number of nitrogens with two attached hydrogens (primary N) is 1. The lowest BCUT2D eigenvalue weighted by Gasteiger charge is -2.49. The molecular weight excluding hydrogens is 186 g/mol. The zero-order valence-electron chi connectivity index (χ0n) is 11.8. The molecule has 0 aliphatic heterocycles. The van der Waals surface area contributed by atoms with Crippen LogP contribution in [-0.2, 0) is 4.74 Å². The molecule has 1 unspecified atom stereocenters. The second-order valence-corrected chi connectivity index (χ2v) is 6.17. The summed E-state index contributed by atoms with van der Waals surface area (Å²) in [5.41, 5.74) is 5.33. The first kappa shape index (κ1) is 14.9. The van der Waals surface area contributed by atoms with Gasteiger partial charge >= 0.3 is 0 Å². The first-order valence-corrected chi connectivity index (χ1v) is 5.95. The van der Waals surface area contributed by atoms with Gasteiger partial charge in [-0.1, -0.05) is 34.6 Å². The second kappa shape index (κ2) is 4.42. The third kappa shape index (κ3) is 3.46. The molecule has 0 bridgehead atoms. The van der Waals surface area contributed by atoms with E-state index in [4.69, 9.17) is 10.5 Å². The molecule has 0 radical (unpaired) electrons. The molecule has 2 N–H and O–H groups in total. The Morgan fingerprint density at radius 2 is 1.47 bits per heavy atom. The zero-order valence-corrected chi connectivity index (χ0v) is 11.8. The molecule has 0 aromatic rings. The summed E-state index contributed by atoms with van der Waals surface area (Å²) >= 11 is 0. The second-order valence-electron chi connectivity index (χ2n) is 6.17. The maximum Gasteiger partial charge on any atom is 0.111 e. The zero-order chi connectivity index (χ0) is 12.5. The predicted octanol–water partition coefficient (Wildman–Crippen LogP) is 3.55. The Labute approximate surface area is 95.6 Å². The van der Waals surface area contributed by atoms with Crippen LogP contribution in [0.25, 0.3) is 0 Å². The van der Waals surface area contributed by atoms with Crippen molar-refractivity contribution in [2.24, 2.45) is 17.1 Å². The highest BCUT2D eigenvalue weighted by Crippen LogP contribution is 2.44.